The summed E-state index contributed by atoms with van der Waals surface area (Å²) >= 11 is 0. The lowest BCUT2D eigenvalue weighted by atomic mass is 9.87. The van der Waals surface area contributed by atoms with Gasteiger partial charge in [0.1, 0.15) is 0 Å². The Kier molecular flexibility index (Phi) is 3.62. The highest BCUT2D eigenvalue weighted by molar-refractivity contribution is 5.26. The van der Waals surface area contributed by atoms with Crippen molar-refractivity contribution in [1.82, 2.24) is 4.90 Å². The van der Waals surface area contributed by atoms with Crippen molar-refractivity contribution in [2.75, 3.05) is 20.1 Å². The van der Waals surface area contributed by atoms with E-state index in [0.717, 1.165) is 25.9 Å². The fraction of sp³-hybridized carbons (Fsp3) is 0.571. The molecule has 2 unspecified atom stereocenters. The Morgan fingerprint density at radius 2 is 2.12 bits per heavy atom. The molecule has 1 saturated heterocycles. The van der Waals surface area contributed by atoms with E-state index < -0.39 is 0 Å². The molecule has 1 aliphatic rings. The van der Waals surface area contributed by atoms with E-state index in [1.54, 1.807) is 0 Å². The monoisotopic (exact) mass is 219 g/mol. The molecule has 1 aliphatic heterocycles. The molecule has 2 rings (SSSR count). The summed E-state index contributed by atoms with van der Waals surface area (Å²) in [5.74, 6) is 0.389. The molecule has 2 heteroatoms. The number of aryl methyl sites for hydroxylation is 1. The van der Waals surface area contributed by atoms with Crippen LogP contribution in [-0.2, 0) is 6.42 Å². The average Bonchev–Trinajstić information content (AvgIpc) is 2.27. The number of likely N-dealkylation sites (tertiary alicyclic amines) is 1. The molecule has 0 aromatic heterocycles. The zero-order valence-corrected chi connectivity index (χ0v) is 10.2. The van der Waals surface area contributed by atoms with Crippen LogP contribution in [0.5, 0.6) is 0 Å². The van der Waals surface area contributed by atoms with Gasteiger partial charge in [0.25, 0.3) is 0 Å². The smallest absolute Gasteiger partial charge is 0.0596 e. The van der Waals surface area contributed by atoms with E-state index in [1.165, 1.54) is 11.1 Å². The largest absolute Gasteiger partial charge is 0.393 e. The van der Waals surface area contributed by atoms with Crippen LogP contribution in [0.4, 0.5) is 0 Å². The Bertz CT molecular complexity index is 350. The molecule has 2 atom stereocenters. The van der Waals surface area contributed by atoms with Crippen molar-refractivity contribution in [3.05, 3.63) is 35.4 Å². The lowest BCUT2D eigenvalue weighted by Gasteiger charge is -2.34. The molecule has 1 aromatic rings. The summed E-state index contributed by atoms with van der Waals surface area (Å²) in [7, 11) is 2.14. The third-order valence-electron chi connectivity index (χ3n) is 3.64. The topological polar surface area (TPSA) is 23.5 Å². The SMILES string of the molecule is Cc1ccccc1CC1CN(C)CCC1O. The Hall–Kier alpha value is -0.860. The Balaban J connectivity index is 2.06. The molecule has 0 aliphatic carbocycles. The number of rotatable bonds is 2. The van der Waals surface area contributed by atoms with Gasteiger partial charge in [0.15, 0.2) is 0 Å². The van der Waals surface area contributed by atoms with Crippen molar-refractivity contribution in [2.45, 2.75) is 25.9 Å². The van der Waals surface area contributed by atoms with Gasteiger partial charge in [-0.1, -0.05) is 24.3 Å². The van der Waals surface area contributed by atoms with Crippen molar-refractivity contribution >= 4 is 0 Å². The third kappa shape index (κ3) is 2.63. The number of aliphatic hydroxyl groups is 1. The first-order valence-corrected chi connectivity index (χ1v) is 6.08. The van der Waals surface area contributed by atoms with Crippen molar-refractivity contribution in [1.29, 1.82) is 0 Å². The summed E-state index contributed by atoms with van der Waals surface area (Å²) in [5, 5.41) is 10.0. The Morgan fingerprint density at radius 3 is 2.88 bits per heavy atom. The number of aliphatic hydroxyl groups excluding tert-OH is 1. The van der Waals surface area contributed by atoms with Crippen LogP contribution in [0.15, 0.2) is 24.3 Å². The molecule has 0 spiro atoms. The van der Waals surface area contributed by atoms with Crippen LogP contribution in [0.3, 0.4) is 0 Å². The second kappa shape index (κ2) is 4.98. The fourth-order valence-corrected chi connectivity index (χ4v) is 2.52. The Morgan fingerprint density at radius 1 is 1.38 bits per heavy atom. The van der Waals surface area contributed by atoms with Crippen LogP contribution in [0.1, 0.15) is 17.5 Å². The Labute approximate surface area is 97.9 Å². The number of nitrogens with zero attached hydrogens (tertiary/aromatic N) is 1. The summed E-state index contributed by atoms with van der Waals surface area (Å²) in [6.45, 7) is 4.18. The molecule has 2 nitrogen and oxygen atoms in total. The first kappa shape index (κ1) is 11.6. The maximum absolute atomic E-state index is 10.0. The minimum atomic E-state index is -0.129. The maximum Gasteiger partial charge on any atom is 0.0596 e. The highest BCUT2D eigenvalue weighted by Gasteiger charge is 2.26. The first-order chi connectivity index (χ1) is 7.66. The minimum absolute atomic E-state index is 0.129. The number of piperidine rings is 1. The van der Waals surface area contributed by atoms with Gasteiger partial charge in [-0.25, -0.2) is 0 Å². The van der Waals surface area contributed by atoms with Crippen LogP contribution in [-0.4, -0.2) is 36.2 Å². The molecule has 0 saturated carbocycles. The van der Waals surface area contributed by atoms with Gasteiger partial charge in [-0.3, -0.25) is 0 Å². The van der Waals surface area contributed by atoms with E-state index in [9.17, 15) is 5.11 Å². The van der Waals surface area contributed by atoms with Crippen LogP contribution in [0, 0.1) is 12.8 Å². The van der Waals surface area contributed by atoms with Crippen molar-refractivity contribution in [2.24, 2.45) is 5.92 Å². The van der Waals surface area contributed by atoms with Crippen molar-refractivity contribution in [3.8, 4) is 0 Å². The van der Waals surface area contributed by atoms with E-state index in [2.05, 4.69) is 43.1 Å². The molecule has 16 heavy (non-hydrogen) atoms. The quantitative estimate of drug-likeness (QED) is 0.820. The highest BCUT2D eigenvalue weighted by atomic mass is 16.3. The number of benzene rings is 1. The van der Waals surface area contributed by atoms with Crippen LogP contribution in [0.2, 0.25) is 0 Å². The lowest BCUT2D eigenvalue weighted by Crippen LogP contribution is -2.42. The molecular weight excluding hydrogens is 198 g/mol. The third-order valence-corrected chi connectivity index (χ3v) is 3.64. The fourth-order valence-electron chi connectivity index (χ4n) is 2.52. The summed E-state index contributed by atoms with van der Waals surface area (Å²) in [6.07, 6.45) is 1.78. The number of hydrogen-bond donors (Lipinski definition) is 1. The molecule has 0 amide bonds. The number of hydrogen-bond acceptors (Lipinski definition) is 2. The first-order valence-electron chi connectivity index (χ1n) is 6.08. The predicted octanol–water partition coefficient (Wildman–Crippen LogP) is 1.85. The molecule has 1 fully saturated rings. The van der Waals surface area contributed by atoms with E-state index in [-0.39, 0.29) is 6.10 Å². The van der Waals surface area contributed by atoms with E-state index in [1.807, 2.05) is 0 Å². The molecule has 1 aromatic carbocycles. The van der Waals surface area contributed by atoms with Crippen LogP contribution >= 0.6 is 0 Å². The standard InChI is InChI=1S/C14H21NO/c1-11-5-3-4-6-12(11)9-13-10-15(2)8-7-14(13)16/h3-6,13-14,16H,7-10H2,1-2H3. The van der Waals surface area contributed by atoms with E-state index in [0.29, 0.717) is 5.92 Å². The second-order valence-corrected chi connectivity index (χ2v) is 5.01. The van der Waals surface area contributed by atoms with Gasteiger partial charge in [0.05, 0.1) is 6.10 Å². The molecule has 1 heterocycles. The summed E-state index contributed by atoms with van der Waals surface area (Å²) < 4.78 is 0. The summed E-state index contributed by atoms with van der Waals surface area (Å²) in [5.41, 5.74) is 2.71. The lowest BCUT2D eigenvalue weighted by molar-refractivity contribution is 0.0366. The maximum atomic E-state index is 10.0. The molecule has 0 bridgehead atoms. The van der Waals surface area contributed by atoms with Gasteiger partial charge in [0, 0.05) is 19.0 Å². The van der Waals surface area contributed by atoms with Gasteiger partial charge in [-0.15, -0.1) is 0 Å². The zero-order chi connectivity index (χ0) is 11.5. The van der Waals surface area contributed by atoms with Crippen molar-refractivity contribution < 1.29 is 5.11 Å². The van der Waals surface area contributed by atoms with Gasteiger partial charge in [-0.05, 0) is 37.9 Å². The van der Waals surface area contributed by atoms with Crippen LogP contribution < -0.4 is 0 Å². The second-order valence-electron chi connectivity index (χ2n) is 5.01. The molecule has 88 valence electrons. The summed E-state index contributed by atoms with van der Waals surface area (Å²) in [6, 6.07) is 8.48. The summed E-state index contributed by atoms with van der Waals surface area (Å²) in [4.78, 5) is 2.32. The van der Waals surface area contributed by atoms with E-state index >= 15 is 0 Å². The predicted molar refractivity (Wildman–Crippen MR) is 66.5 cm³/mol. The normalized spacial score (nSPS) is 26.9. The zero-order valence-electron chi connectivity index (χ0n) is 10.2. The molecular formula is C14H21NO. The highest BCUT2D eigenvalue weighted by Crippen LogP contribution is 2.22. The molecule has 0 radical (unpaired) electrons. The van der Waals surface area contributed by atoms with Gasteiger partial charge in [-0.2, -0.15) is 0 Å². The van der Waals surface area contributed by atoms with Gasteiger partial charge < -0.3 is 10.0 Å². The average molecular weight is 219 g/mol. The molecule has 1 N–H and O–H groups in total. The van der Waals surface area contributed by atoms with Crippen LogP contribution in [0.25, 0.3) is 0 Å². The minimum Gasteiger partial charge on any atom is -0.393 e. The van der Waals surface area contributed by atoms with Gasteiger partial charge >= 0.3 is 0 Å². The van der Waals surface area contributed by atoms with Gasteiger partial charge in [0.2, 0.25) is 0 Å². The van der Waals surface area contributed by atoms with E-state index in [4.69, 9.17) is 0 Å². The van der Waals surface area contributed by atoms with Crippen molar-refractivity contribution in [3.63, 3.8) is 0 Å².